The molecule has 0 N–H and O–H groups in total. The molecule has 0 aliphatic heterocycles. The maximum atomic E-state index is 5.63. The molecule has 4 rings (SSSR count). The molecule has 0 saturated heterocycles. The van der Waals surface area contributed by atoms with Gasteiger partial charge in [0.05, 0.1) is 35.4 Å². The normalized spacial score (nSPS) is 10.8. The lowest BCUT2D eigenvalue weighted by molar-refractivity contribution is 0.356. The average molecular weight is 431 g/mol. The molecule has 0 aromatic heterocycles. The summed E-state index contributed by atoms with van der Waals surface area (Å²) in [6.45, 7) is 1.09. The van der Waals surface area contributed by atoms with Crippen molar-refractivity contribution in [3.8, 4) is 22.3 Å². The molecule has 0 spiro atoms. The van der Waals surface area contributed by atoms with Gasteiger partial charge in [-0.15, -0.1) is 0 Å². The third kappa shape index (κ3) is 6.00. The van der Waals surface area contributed by atoms with E-state index in [1.54, 1.807) is 0 Å². The Kier molecular flexibility index (Phi) is 7.64. The van der Waals surface area contributed by atoms with E-state index >= 15 is 0 Å². The lowest BCUT2D eigenvalue weighted by Gasteiger charge is -2.06. The topological polar surface area (TPSA) is 18.5 Å². The van der Waals surface area contributed by atoms with Crippen molar-refractivity contribution in [2.24, 2.45) is 0 Å². The van der Waals surface area contributed by atoms with E-state index < -0.39 is 0 Å². The summed E-state index contributed by atoms with van der Waals surface area (Å²) >= 11 is 2.52. The Morgan fingerprint density at radius 3 is 1.10 bits per heavy atom. The average Bonchev–Trinajstić information content (AvgIpc) is 2.83. The van der Waals surface area contributed by atoms with Crippen LogP contribution in [0.4, 0.5) is 0 Å². The number of hydrogen-bond acceptors (Lipinski definition) is 4. The highest BCUT2D eigenvalue weighted by Gasteiger charge is 2.01. The maximum absolute atomic E-state index is 5.63. The van der Waals surface area contributed by atoms with Crippen molar-refractivity contribution in [1.82, 2.24) is 0 Å². The Labute approximate surface area is 186 Å². The Hall–Kier alpha value is -2.50. The van der Waals surface area contributed by atoms with E-state index in [1.807, 2.05) is 12.1 Å². The third-order valence-corrected chi connectivity index (χ3v) is 5.93. The highest BCUT2D eigenvalue weighted by Crippen LogP contribution is 2.27. The van der Waals surface area contributed by atoms with Crippen molar-refractivity contribution in [1.29, 1.82) is 0 Å². The van der Waals surface area contributed by atoms with Crippen LogP contribution in [0.15, 0.2) is 109 Å². The first-order valence-corrected chi connectivity index (χ1v) is 11.7. The molecule has 0 fully saturated rings. The van der Waals surface area contributed by atoms with Gasteiger partial charge in [-0.2, -0.15) is 0 Å². The van der Waals surface area contributed by atoms with Gasteiger partial charge in [-0.05, 0) is 33.4 Å². The highest BCUT2D eigenvalue weighted by molar-refractivity contribution is 8.73. The van der Waals surface area contributed by atoms with Crippen LogP contribution in [0.2, 0.25) is 0 Å². The predicted molar refractivity (Wildman–Crippen MR) is 129 cm³/mol. The second-order valence-electron chi connectivity index (χ2n) is 6.79. The van der Waals surface area contributed by atoms with Crippen LogP contribution in [0.25, 0.3) is 22.3 Å². The van der Waals surface area contributed by atoms with Crippen molar-refractivity contribution in [3.63, 3.8) is 0 Å². The summed E-state index contributed by atoms with van der Waals surface area (Å²) in [6, 6.07) is 37.6. The van der Waals surface area contributed by atoms with Crippen molar-refractivity contribution in [3.05, 3.63) is 120 Å². The minimum Gasteiger partial charge on any atom is -0.299 e. The number of benzene rings is 4. The zero-order valence-corrected chi connectivity index (χ0v) is 18.1. The molecule has 0 bridgehead atoms. The molecule has 30 heavy (non-hydrogen) atoms. The van der Waals surface area contributed by atoms with E-state index in [0.29, 0.717) is 13.2 Å². The molecule has 4 aromatic carbocycles. The van der Waals surface area contributed by atoms with E-state index in [9.17, 15) is 0 Å². The number of hydrogen-bond donors (Lipinski definition) is 0. The van der Waals surface area contributed by atoms with Crippen molar-refractivity contribution >= 4 is 22.1 Å². The van der Waals surface area contributed by atoms with Crippen LogP contribution in [-0.4, -0.2) is 0 Å². The molecule has 0 aliphatic carbocycles. The zero-order chi connectivity index (χ0) is 20.4. The first-order chi connectivity index (χ1) is 14.9. The fraction of sp³-hybridized carbons (Fsp3) is 0.0769. The fourth-order valence-corrected chi connectivity index (χ4v) is 4.04. The summed E-state index contributed by atoms with van der Waals surface area (Å²) in [4.78, 5) is 0. The highest BCUT2D eigenvalue weighted by atomic mass is 33.1. The molecule has 0 heterocycles. The smallest absolute Gasteiger partial charge is 0.0928 e. The molecule has 0 aliphatic rings. The van der Waals surface area contributed by atoms with Crippen LogP contribution in [0, 0.1) is 0 Å². The largest absolute Gasteiger partial charge is 0.299 e. The van der Waals surface area contributed by atoms with Gasteiger partial charge in [0.1, 0.15) is 0 Å². The SMILES string of the molecule is c1ccc(-c2ccc(COSSOCc3ccc(-c4ccccc4)cc3)cc2)cc1. The predicted octanol–water partition coefficient (Wildman–Crippen LogP) is 7.97. The molecule has 2 nitrogen and oxygen atoms in total. The second-order valence-corrected chi connectivity index (χ2v) is 8.35. The van der Waals surface area contributed by atoms with Gasteiger partial charge in [-0.1, -0.05) is 109 Å². The molecule has 0 amide bonds. The molecule has 0 radical (unpaired) electrons. The Morgan fingerprint density at radius 1 is 0.400 bits per heavy atom. The van der Waals surface area contributed by atoms with Crippen LogP contribution in [0.3, 0.4) is 0 Å². The summed E-state index contributed by atoms with van der Waals surface area (Å²) < 4.78 is 11.3. The molecular formula is C26H22O2S2. The van der Waals surface area contributed by atoms with Crippen LogP contribution in [0.5, 0.6) is 0 Å². The summed E-state index contributed by atoms with van der Waals surface area (Å²) in [5, 5.41) is 0. The van der Waals surface area contributed by atoms with E-state index in [0.717, 1.165) is 11.1 Å². The number of rotatable bonds is 9. The van der Waals surface area contributed by atoms with Gasteiger partial charge in [0.25, 0.3) is 0 Å². The standard InChI is InChI=1S/C26H22O2S2/c1-3-7-23(8-4-1)25-15-11-21(12-16-25)19-27-29-30-28-20-22-13-17-26(18-14-22)24-9-5-2-6-10-24/h1-18H,19-20H2. The van der Waals surface area contributed by atoms with Gasteiger partial charge in [-0.25, -0.2) is 0 Å². The summed E-state index contributed by atoms with van der Waals surface area (Å²) in [6.07, 6.45) is 0. The van der Waals surface area contributed by atoms with E-state index in [1.165, 1.54) is 44.4 Å². The van der Waals surface area contributed by atoms with Gasteiger partial charge in [-0.3, -0.25) is 8.37 Å². The van der Waals surface area contributed by atoms with Gasteiger partial charge in [0.2, 0.25) is 0 Å². The van der Waals surface area contributed by atoms with Crippen molar-refractivity contribution < 1.29 is 8.37 Å². The van der Waals surface area contributed by atoms with Gasteiger partial charge in [0.15, 0.2) is 0 Å². The lowest BCUT2D eigenvalue weighted by Crippen LogP contribution is -1.87. The van der Waals surface area contributed by atoms with Crippen molar-refractivity contribution in [2.45, 2.75) is 13.2 Å². The summed E-state index contributed by atoms with van der Waals surface area (Å²) in [5.41, 5.74) is 7.14. The summed E-state index contributed by atoms with van der Waals surface area (Å²) in [5.74, 6) is 0. The van der Waals surface area contributed by atoms with Gasteiger partial charge >= 0.3 is 0 Å². The van der Waals surface area contributed by atoms with E-state index in [4.69, 9.17) is 8.37 Å². The van der Waals surface area contributed by atoms with Crippen LogP contribution < -0.4 is 0 Å². The maximum Gasteiger partial charge on any atom is 0.0928 e. The Morgan fingerprint density at radius 2 is 0.733 bits per heavy atom. The first-order valence-electron chi connectivity index (χ1n) is 9.75. The quantitative estimate of drug-likeness (QED) is 0.152. The van der Waals surface area contributed by atoms with Crippen LogP contribution in [0.1, 0.15) is 11.1 Å². The monoisotopic (exact) mass is 430 g/mol. The minimum absolute atomic E-state index is 0.544. The van der Waals surface area contributed by atoms with Crippen LogP contribution in [-0.2, 0) is 21.6 Å². The van der Waals surface area contributed by atoms with E-state index in [2.05, 4.69) is 97.1 Å². The Bertz CT molecular complexity index is 931. The third-order valence-electron chi connectivity index (χ3n) is 4.70. The summed E-state index contributed by atoms with van der Waals surface area (Å²) in [7, 11) is 0. The Balaban J connectivity index is 1.15. The van der Waals surface area contributed by atoms with Gasteiger partial charge < -0.3 is 0 Å². The second kappa shape index (κ2) is 11.0. The molecule has 0 unspecified atom stereocenters. The zero-order valence-electron chi connectivity index (χ0n) is 16.4. The molecule has 4 aromatic rings. The first kappa shape index (κ1) is 20.8. The van der Waals surface area contributed by atoms with Gasteiger partial charge in [0, 0.05) is 0 Å². The molecule has 0 atom stereocenters. The molecule has 4 heteroatoms. The van der Waals surface area contributed by atoms with E-state index in [-0.39, 0.29) is 0 Å². The molecular weight excluding hydrogens is 408 g/mol. The molecule has 0 saturated carbocycles. The van der Waals surface area contributed by atoms with Crippen LogP contribution >= 0.6 is 22.1 Å². The van der Waals surface area contributed by atoms with Crippen molar-refractivity contribution in [2.75, 3.05) is 0 Å². The minimum atomic E-state index is 0.544. The lowest BCUT2D eigenvalue weighted by atomic mass is 10.0. The molecule has 150 valence electrons. The fourth-order valence-electron chi connectivity index (χ4n) is 3.07.